The molecule has 2 aromatic heterocycles. The molecular weight excluding hydrogens is 266 g/mol. The van der Waals surface area contributed by atoms with Gasteiger partial charge in [-0.15, -0.1) is 0 Å². The van der Waals surface area contributed by atoms with Gasteiger partial charge in [0.05, 0.1) is 6.61 Å². The van der Waals surface area contributed by atoms with E-state index in [0.717, 1.165) is 15.3 Å². The highest BCUT2D eigenvalue weighted by Crippen LogP contribution is 2.02. The zero-order valence-corrected chi connectivity index (χ0v) is 11.2. The van der Waals surface area contributed by atoms with Crippen LogP contribution in [0.2, 0.25) is 0 Å². The molecule has 0 saturated heterocycles. The summed E-state index contributed by atoms with van der Waals surface area (Å²) in [4.78, 5) is 50.2. The minimum atomic E-state index is -0.802. The summed E-state index contributed by atoms with van der Waals surface area (Å²) in [5.74, 6) is -0.802. The smallest absolute Gasteiger partial charge is 0.343 e. The molecule has 2 aromatic rings. The highest BCUT2D eigenvalue weighted by molar-refractivity contribution is 5.92. The summed E-state index contributed by atoms with van der Waals surface area (Å²) in [6.07, 6.45) is 1.12. The zero-order chi connectivity index (χ0) is 15.0. The molecule has 1 N–H and O–H groups in total. The maximum atomic E-state index is 12.3. The Kier molecular flexibility index (Phi) is 3.31. The number of fused-ring (bicyclic) bond motifs is 1. The van der Waals surface area contributed by atoms with Crippen molar-refractivity contribution in [3.05, 3.63) is 42.8 Å². The summed E-state index contributed by atoms with van der Waals surface area (Å²) in [6.45, 7) is 1.73. The van der Waals surface area contributed by atoms with E-state index in [2.05, 4.69) is 4.98 Å². The first-order chi connectivity index (χ1) is 9.40. The molecular formula is C12H13N3O5. The molecule has 0 radical (unpaired) electrons. The minimum absolute atomic E-state index is 0.0346. The molecule has 0 amide bonds. The van der Waals surface area contributed by atoms with Crippen molar-refractivity contribution >= 4 is 17.0 Å². The number of H-pyrrole nitrogens is 1. The second-order valence-corrected chi connectivity index (χ2v) is 4.18. The fourth-order valence-corrected chi connectivity index (χ4v) is 1.94. The average Bonchev–Trinajstić information content (AvgIpc) is 2.42. The number of aryl methyl sites for hydroxylation is 1. The monoisotopic (exact) mass is 279 g/mol. The number of nitrogens with zero attached hydrogens (tertiary/aromatic N) is 2. The summed E-state index contributed by atoms with van der Waals surface area (Å²) < 4.78 is 6.66. The Bertz CT molecular complexity index is 872. The van der Waals surface area contributed by atoms with Gasteiger partial charge < -0.3 is 9.72 Å². The number of hydrogen-bond acceptors (Lipinski definition) is 5. The largest absolute Gasteiger partial charge is 0.462 e. The normalized spacial score (nSPS) is 10.8. The number of carbonyl (C=O) groups excluding carboxylic acids is 1. The van der Waals surface area contributed by atoms with Crippen molar-refractivity contribution in [1.29, 1.82) is 0 Å². The van der Waals surface area contributed by atoms with Crippen LogP contribution >= 0.6 is 0 Å². The third-order valence-electron chi connectivity index (χ3n) is 2.98. The van der Waals surface area contributed by atoms with Crippen LogP contribution in [0.15, 0.2) is 20.6 Å². The first-order valence-electron chi connectivity index (χ1n) is 5.88. The van der Waals surface area contributed by atoms with Crippen LogP contribution < -0.4 is 16.7 Å². The molecule has 0 aliphatic carbocycles. The van der Waals surface area contributed by atoms with E-state index < -0.39 is 22.6 Å². The lowest BCUT2D eigenvalue weighted by Crippen LogP contribution is -2.39. The van der Waals surface area contributed by atoms with Gasteiger partial charge in [0, 0.05) is 20.3 Å². The Labute approximate surface area is 112 Å². The third-order valence-corrected chi connectivity index (χ3v) is 2.98. The van der Waals surface area contributed by atoms with Gasteiger partial charge in [0.2, 0.25) is 5.43 Å². The quantitative estimate of drug-likeness (QED) is 0.718. The molecule has 0 unspecified atom stereocenters. The molecule has 0 spiro atoms. The van der Waals surface area contributed by atoms with Crippen LogP contribution in [-0.4, -0.2) is 26.7 Å². The van der Waals surface area contributed by atoms with Gasteiger partial charge in [0.25, 0.3) is 5.56 Å². The second-order valence-electron chi connectivity index (χ2n) is 4.18. The van der Waals surface area contributed by atoms with Crippen molar-refractivity contribution in [2.45, 2.75) is 6.92 Å². The zero-order valence-electron chi connectivity index (χ0n) is 11.2. The van der Waals surface area contributed by atoms with E-state index in [4.69, 9.17) is 4.74 Å². The molecule has 0 aromatic carbocycles. The lowest BCUT2D eigenvalue weighted by molar-refractivity contribution is 0.0524. The highest BCUT2D eigenvalue weighted by atomic mass is 16.5. The van der Waals surface area contributed by atoms with Crippen molar-refractivity contribution < 1.29 is 9.53 Å². The van der Waals surface area contributed by atoms with E-state index in [9.17, 15) is 19.2 Å². The van der Waals surface area contributed by atoms with Crippen LogP contribution in [0, 0.1) is 0 Å². The van der Waals surface area contributed by atoms with Crippen LogP contribution in [-0.2, 0) is 18.8 Å². The number of aromatic nitrogens is 3. The highest BCUT2D eigenvalue weighted by Gasteiger charge is 2.18. The van der Waals surface area contributed by atoms with Crippen LogP contribution in [0.3, 0.4) is 0 Å². The van der Waals surface area contributed by atoms with Gasteiger partial charge in [-0.05, 0) is 6.92 Å². The molecule has 106 valence electrons. The molecule has 0 bridgehead atoms. The predicted molar refractivity (Wildman–Crippen MR) is 71.0 cm³/mol. The van der Waals surface area contributed by atoms with Crippen molar-refractivity contribution in [3.63, 3.8) is 0 Å². The molecule has 0 aliphatic heterocycles. The molecule has 2 heterocycles. The van der Waals surface area contributed by atoms with Gasteiger partial charge in [-0.3, -0.25) is 18.7 Å². The number of carbonyl (C=O) groups is 1. The van der Waals surface area contributed by atoms with Gasteiger partial charge in [-0.25, -0.2) is 9.59 Å². The van der Waals surface area contributed by atoms with Crippen LogP contribution in [0.1, 0.15) is 17.3 Å². The minimum Gasteiger partial charge on any atom is -0.462 e. The van der Waals surface area contributed by atoms with Crippen molar-refractivity contribution in [1.82, 2.24) is 14.1 Å². The molecule has 0 aliphatic rings. The van der Waals surface area contributed by atoms with Gasteiger partial charge in [-0.2, -0.15) is 0 Å². The number of nitrogens with one attached hydrogen (secondary N) is 1. The fourth-order valence-electron chi connectivity index (χ4n) is 1.94. The predicted octanol–water partition coefficient (Wildman–Crippen LogP) is -0.898. The Morgan fingerprint density at radius 2 is 1.90 bits per heavy atom. The molecule has 2 rings (SSSR count). The Morgan fingerprint density at radius 1 is 1.25 bits per heavy atom. The summed E-state index contributed by atoms with van der Waals surface area (Å²) in [5, 5.41) is 0. The van der Waals surface area contributed by atoms with Gasteiger partial charge in [-0.1, -0.05) is 0 Å². The molecule has 0 atom stereocenters. The van der Waals surface area contributed by atoms with Crippen molar-refractivity contribution in [3.8, 4) is 0 Å². The lowest BCUT2D eigenvalue weighted by Gasteiger charge is -2.08. The van der Waals surface area contributed by atoms with Gasteiger partial charge in [0.15, 0.2) is 0 Å². The average molecular weight is 279 g/mol. The van der Waals surface area contributed by atoms with E-state index in [0.29, 0.717) is 0 Å². The van der Waals surface area contributed by atoms with Crippen LogP contribution in [0.5, 0.6) is 0 Å². The first kappa shape index (κ1) is 13.8. The van der Waals surface area contributed by atoms with Crippen molar-refractivity contribution in [2.75, 3.05) is 6.61 Å². The number of hydrogen-bond donors (Lipinski definition) is 1. The molecule has 8 nitrogen and oxygen atoms in total. The standard InChI is InChI=1S/C12H13N3O5/c1-4-20-11(18)6-5-13-7-8(9(6)16)14(2)12(19)15(3)10(7)17/h5H,4H2,1-3H3,(H,13,16). The van der Waals surface area contributed by atoms with E-state index in [1.165, 1.54) is 14.1 Å². The number of rotatable bonds is 2. The van der Waals surface area contributed by atoms with E-state index in [-0.39, 0.29) is 23.2 Å². The molecule has 0 saturated carbocycles. The lowest BCUT2D eigenvalue weighted by atomic mass is 10.2. The Hall–Kier alpha value is -2.64. The fraction of sp³-hybridized carbons (Fsp3) is 0.333. The third kappa shape index (κ3) is 1.85. The van der Waals surface area contributed by atoms with Gasteiger partial charge >= 0.3 is 11.7 Å². The Morgan fingerprint density at radius 3 is 2.50 bits per heavy atom. The number of pyridine rings is 1. The van der Waals surface area contributed by atoms with Crippen molar-refractivity contribution in [2.24, 2.45) is 14.1 Å². The molecule has 20 heavy (non-hydrogen) atoms. The Balaban J connectivity index is 2.95. The summed E-state index contributed by atoms with van der Waals surface area (Å²) in [6, 6.07) is 0. The summed E-state index contributed by atoms with van der Waals surface area (Å²) in [5.41, 5.74) is -2.42. The molecule has 0 fully saturated rings. The number of aromatic amines is 1. The summed E-state index contributed by atoms with van der Waals surface area (Å²) in [7, 11) is 2.66. The maximum Gasteiger partial charge on any atom is 0.343 e. The molecule has 8 heteroatoms. The van der Waals surface area contributed by atoms with E-state index in [1.54, 1.807) is 6.92 Å². The number of esters is 1. The first-order valence-corrected chi connectivity index (χ1v) is 5.88. The van der Waals surface area contributed by atoms with Crippen LogP contribution in [0.25, 0.3) is 11.0 Å². The maximum absolute atomic E-state index is 12.3. The summed E-state index contributed by atoms with van der Waals surface area (Å²) >= 11 is 0. The van der Waals surface area contributed by atoms with E-state index >= 15 is 0 Å². The van der Waals surface area contributed by atoms with Crippen LogP contribution in [0.4, 0.5) is 0 Å². The van der Waals surface area contributed by atoms with Gasteiger partial charge in [0.1, 0.15) is 16.6 Å². The number of ether oxygens (including phenoxy) is 1. The SMILES string of the molecule is CCOC(=O)c1c[nH]c2c(=O)n(C)c(=O)n(C)c2c1=O. The second kappa shape index (κ2) is 4.80. The topological polar surface area (TPSA) is 103 Å². The van der Waals surface area contributed by atoms with E-state index in [1.807, 2.05) is 0 Å².